The maximum atomic E-state index is 11.7. The summed E-state index contributed by atoms with van der Waals surface area (Å²) >= 11 is 5.74. The first-order valence-electron chi connectivity index (χ1n) is 7.58. The van der Waals surface area contributed by atoms with Gasteiger partial charge in [-0.25, -0.2) is 0 Å². The number of carbonyl (C=O) groups is 1. The van der Waals surface area contributed by atoms with E-state index in [0.717, 1.165) is 16.9 Å². The first-order valence-corrected chi connectivity index (χ1v) is 7.95. The zero-order valence-electron chi connectivity index (χ0n) is 12.9. The van der Waals surface area contributed by atoms with E-state index in [9.17, 15) is 4.79 Å². The van der Waals surface area contributed by atoms with Gasteiger partial charge in [-0.1, -0.05) is 29.8 Å². The number of ether oxygens (including phenoxy) is 1. The Bertz CT molecular complexity index is 717. The van der Waals surface area contributed by atoms with Crippen LogP contribution in [0.1, 0.15) is 51.4 Å². The lowest BCUT2D eigenvalue weighted by molar-refractivity contribution is 0.107. The smallest absolute Gasteiger partial charge is 0.252 e. The Kier molecular flexibility index (Phi) is 4.21. The largest absolute Gasteiger partial charge is 0.489 e. The van der Waals surface area contributed by atoms with Crippen LogP contribution in [0.15, 0.2) is 36.4 Å². The number of rotatable bonds is 5. The SMILES string of the molecule is Cc1ccc(OCc2c(C(=O)Cl)cccc2C2CC2)c(C)c1. The summed E-state index contributed by atoms with van der Waals surface area (Å²) in [5.41, 5.74) is 5.01. The topological polar surface area (TPSA) is 26.3 Å². The molecule has 0 saturated heterocycles. The van der Waals surface area contributed by atoms with Gasteiger partial charge in [0.05, 0.1) is 0 Å². The molecule has 0 bridgehead atoms. The van der Waals surface area contributed by atoms with Crippen molar-refractivity contribution in [3.8, 4) is 5.75 Å². The normalized spacial score (nSPS) is 14.0. The molecule has 0 aromatic heterocycles. The molecular formula is C19H19ClO2. The highest BCUT2D eigenvalue weighted by atomic mass is 35.5. The Morgan fingerprint density at radius 1 is 1.23 bits per heavy atom. The van der Waals surface area contributed by atoms with Crippen molar-refractivity contribution in [3.63, 3.8) is 0 Å². The summed E-state index contributed by atoms with van der Waals surface area (Å²) in [6, 6.07) is 11.9. The molecule has 0 radical (unpaired) electrons. The van der Waals surface area contributed by atoms with E-state index < -0.39 is 5.24 Å². The third-order valence-corrected chi connectivity index (χ3v) is 4.35. The summed E-state index contributed by atoms with van der Waals surface area (Å²) in [6.07, 6.45) is 2.35. The minimum absolute atomic E-state index is 0.379. The first kappa shape index (κ1) is 15.1. The molecule has 0 N–H and O–H groups in total. The van der Waals surface area contributed by atoms with Crippen molar-refractivity contribution in [3.05, 3.63) is 64.2 Å². The van der Waals surface area contributed by atoms with Gasteiger partial charge < -0.3 is 4.74 Å². The van der Waals surface area contributed by atoms with Crippen molar-refractivity contribution >= 4 is 16.8 Å². The Morgan fingerprint density at radius 2 is 2.00 bits per heavy atom. The highest BCUT2D eigenvalue weighted by Crippen LogP contribution is 2.42. The van der Waals surface area contributed by atoms with Gasteiger partial charge in [0, 0.05) is 11.1 Å². The van der Waals surface area contributed by atoms with Crippen molar-refractivity contribution in [2.24, 2.45) is 0 Å². The third kappa shape index (κ3) is 3.17. The van der Waals surface area contributed by atoms with E-state index in [1.807, 2.05) is 25.1 Å². The van der Waals surface area contributed by atoms with Gasteiger partial charge in [-0.05, 0) is 67.5 Å². The average Bonchev–Trinajstić information content (AvgIpc) is 3.30. The van der Waals surface area contributed by atoms with Crippen LogP contribution in [0, 0.1) is 13.8 Å². The van der Waals surface area contributed by atoms with Crippen LogP contribution in [0.4, 0.5) is 0 Å². The minimum atomic E-state index is -0.415. The summed E-state index contributed by atoms with van der Waals surface area (Å²) < 4.78 is 5.98. The molecule has 1 aliphatic rings. The fourth-order valence-electron chi connectivity index (χ4n) is 2.84. The lowest BCUT2D eigenvalue weighted by Crippen LogP contribution is -2.07. The molecule has 3 rings (SSSR count). The highest BCUT2D eigenvalue weighted by molar-refractivity contribution is 6.67. The molecule has 0 atom stereocenters. The van der Waals surface area contributed by atoms with Gasteiger partial charge in [0.25, 0.3) is 5.24 Å². The summed E-state index contributed by atoms with van der Waals surface area (Å²) in [5.74, 6) is 1.40. The molecule has 2 aromatic carbocycles. The molecule has 1 aliphatic carbocycles. The van der Waals surface area contributed by atoms with Crippen LogP contribution in [0.2, 0.25) is 0 Å². The van der Waals surface area contributed by atoms with Gasteiger partial charge in [-0.15, -0.1) is 0 Å². The van der Waals surface area contributed by atoms with E-state index in [-0.39, 0.29) is 0 Å². The Hall–Kier alpha value is -1.80. The van der Waals surface area contributed by atoms with Gasteiger partial charge in [0.1, 0.15) is 12.4 Å². The monoisotopic (exact) mass is 314 g/mol. The fourth-order valence-corrected chi connectivity index (χ4v) is 3.01. The van der Waals surface area contributed by atoms with E-state index in [0.29, 0.717) is 18.1 Å². The van der Waals surface area contributed by atoms with Gasteiger partial charge in [-0.2, -0.15) is 0 Å². The van der Waals surface area contributed by atoms with Crippen LogP contribution in [-0.2, 0) is 6.61 Å². The molecule has 2 aromatic rings. The van der Waals surface area contributed by atoms with E-state index in [1.54, 1.807) is 6.07 Å². The van der Waals surface area contributed by atoms with Crippen LogP contribution in [0.25, 0.3) is 0 Å². The minimum Gasteiger partial charge on any atom is -0.489 e. The first-order chi connectivity index (χ1) is 10.6. The van der Waals surface area contributed by atoms with Crippen LogP contribution in [-0.4, -0.2) is 5.24 Å². The molecule has 0 spiro atoms. The van der Waals surface area contributed by atoms with Crippen LogP contribution >= 0.6 is 11.6 Å². The molecule has 3 heteroatoms. The summed E-state index contributed by atoms with van der Waals surface area (Å²) in [4.78, 5) is 11.7. The summed E-state index contributed by atoms with van der Waals surface area (Å²) in [5, 5.41) is -0.415. The molecule has 1 saturated carbocycles. The Balaban J connectivity index is 1.89. The van der Waals surface area contributed by atoms with E-state index in [1.165, 1.54) is 24.0 Å². The van der Waals surface area contributed by atoms with Gasteiger partial charge >= 0.3 is 0 Å². The zero-order chi connectivity index (χ0) is 15.7. The standard InChI is InChI=1S/C19H19ClO2/c1-12-6-9-18(13(2)10-12)22-11-17-15(14-7-8-14)4-3-5-16(17)19(20)21/h3-6,9-10,14H,7-8,11H2,1-2H3. The molecule has 0 heterocycles. The third-order valence-electron chi connectivity index (χ3n) is 4.14. The quantitative estimate of drug-likeness (QED) is 0.714. The second-order valence-corrected chi connectivity index (χ2v) is 6.32. The lowest BCUT2D eigenvalue weighted by Gasteiger charge is -2.15. The van der Waals surface area contributed by atoms with Gasteiger partial charge in [0.15, 0.2) is 0 Å². The molecule has 0 unspecified atom stereocenters. The molecule has 0 aliphatic heterocycles. The highest BCUT2D eigenvalue weighted by Gasteiger charge is 2.28. The molecule has 22 heavy (non-hydrogen) atoms. The second kappa shape index (κ2) is 6.13. The predicted molar refractivity (Wildman–Crippen MR) is 88.8 cm³/mol. The maximum Gasteiger partial charge on any atom is 0.252 e. The molecular weight excluding hydrogens is 296 g/mol. The molecule has 0 amide bonds. The number of benzene rings is 2. The summed E-state index contributed by atoms with van der Waals surface area (Å²) in [6.45, 7) is 4.47. The predicted octanol–water partition coefficient (Wildman–Crippen LogP) is 5.14. The summed E-state index contributed by atoms with van der Waals surface area (Å²) in [7, 11) is 0. The van der Waals surface area contributed by atoms with Crippen molar-refractivity contribution in [2.45, 2.75) is 39.2 Å². The van der Waals surface area contributed by atoms with Crippen molar-refractivity contribution in [1.29, 1.82) is 0 Å². The number of aryl methyl sites for hydroxylation is 2. The van der Waals surface area contributed by atoms with Crippen LogP contribution < -0.4 is 4.74 Å². The number of hydrogen-bond acceptors (Lipinski definition) is 2. The molecule has 2 nitrogen and oxygen atoms in total. The van der Waals surface area contributed by atoms with Crippen LogP contribution in [0.5, 0.6) is 5.75 Å². The number of carbonyl (C=O) groups excluding carboxylic acids is 1. The van der Waals surface area contributed by atoms with Crippen molar-refractivity contribution in [1.82, 2.24) is 0 Å². The number of hydrogen-bond donors (Lipinski definition) is 0. The number of halogens is 1. The Morgan fingerprint density at radius 3 is 2.64 bits per heavy atom. The Labute approximate surface area is 136 Å². The van der Waals surface area contributed by atoms with Crippen molar-refractivity contribution < 1.29 is 9.53 Å². The lowest BCUT2D eigenvalue weighted by atomic mass is 9.99. The van der Waals surface area contributed by atoms with Gasteiger partial charge in [0.2, 0.25) is 0 Å². The van der Waals surface area contributed by atoms with Crippen molar-refractivity contribution in [2.75, 3.05) is 0 Å². The van der Waals surface area contributed by atoms with E-state index >= 15 is 0 Å². The average molecular weight is 315 g/mol. The molecule has 114 valence electrons. The fraction of sp³-hybridized carbons (Fsp3) is 0.316. The van der Waals surface area contributed by atoms with E-state index in [4.69, 9.17) is 16.3 Å². The maximum absolute atomic E-state index is 11.7. The van der Waals surface area contributed by atoms with Crippen LogP contribution in [0.3, 0.4) is 0 Å². The zero-order valence-corrected chi connectivity index (χ0v) is 13.6. The van der Waals surface area contributed by atoms with Gasteiger partial charge in [-0.3, -0.25) is 4.79 Å². The second-order valence-electron chi connectivity index (χ2n) is 5.98. The molecule has 1 fully saturated rings. The van der Waals surface area contributed by atoms with E-state index in [2.05, 4.69) is 19.1 Å².